The zero-order valence-corrected chi connectivity index (χ0v) is 10.8. The van der Waals surface area contributed by atoms with Gasteiger partial charge in [-0.3, -0.25) is 9.69 Å². The van der Waals surface area contributed by atoms with E-state index in [4.69, 9.17) is 5.73 Å². The molecule has 0 aromatic heterocycles. The van der Waals surface area contributed by atoms with Gasteiger partial charge in [-0.25, -0.2) is 0 Å². The van der Waals surface area contributed by atoms with Gasteiger partial charge in [-0.05, 0) is 12.3 Å². The molecule has 0 unspecified atom stereocenters. The Morgan fingerprint density at radius 3 is 2.62 bits per heavy atom. The molecule has 4 nitrogen and oxygen atoms in total. The molecule has 1 saturated heterocycles. The van der Waals surface area contributed by atoms with Crippen LogP contribution in [0.4, 0.5) is 0 Å². The summed E-state index contributed by atoms with van der Waals surface area (Å²) in [6, 6.07) is 0. The largest absolute Gasteiger partial charge is 0.355 e. The van der Waals surface area contributed by atoms with Gasteiger partial charge in [0.15, 0.2) is 0 Å². The predicted molar refractivity (Wildman–Crippen MR) is 66.1 cm³/mol. The molecule has 0 bridgehead atoms. The van der Waals surface area contributed by atoms with Gasteiger partial charge in [0.1, 0.15) is 0 Å². The Kier molecular flexibility index (Phi) is 4.74. The van der Waals surface area contributed by atoms with Crippen LogP contribution in [0.2, 0.25) is 0 Å². The van der Waals surface area contributed by atoms with E-state index in [0.29, 0.717) is 12.5 Å². The maximum atomic E-state index is 11.5. The SMILES string of the molecule is CCCC1(N)CN(CC(=O)NCC(C)C)C1. The summed E-state index contributed by atoms with van der Waals surface area (Å²) in [6.07, 6.45) is 2.17. The second kappa shape index (κ2) is 5.64. The Morgan fingerprint density at radius 2 is 2.12 bits per heavy atom. The van der Waals surface area contributed by atoms with Crippen LogP contribution in [0, 0.1) is 5.92 Å². The van der Waals surface area contributed by atoms with Crippen LogP contribution in [0.1, 0.15) is 33.6 Å². The number of nitrogens with zero attached hydrogens (tertiary/aromatic N) is 1. The summed E-state index contributed by atoms with van der Waals surface area (Å²) >= 11 is 0. The minimum absolute atomic E-state index is 0.0346. The molecular weight excluding hydrogens is 202 g/mol. The molecule has 1 aliphatic rings. The van der Waals surface area contributed by atoms with Gasteiger partial charge in [0.05, 0.1) is 6.54 Å². The Bertz CT molecular complexity index is 234. The summed E-state index contributed by atoms with van der Waals surface area (Å²) in [7, 11) is 0. The fourth-order valence-corrected chi connectivity index (χ4v) is 2.19. The zero-order valence-electron chi connectivity index (χ0n) is 10.8. The van der Waals surface area contributed by atoms with Gasteiger partial charge in [-0.2, -0.15) is 0 Å². The molecule has 0 saturated carbocycles. The first kappa shape index (κ1) is 13.5. The summed E-state index contributed by atoms with van der Waals surface area (Å²) in [5.41, 5.74) is 6.09. The minimum atomic E-state index is -0.0346. The molecular formula is C12H25N3O. The highest BCUT2D eigenvalue weighted by atomic mass is 16.2. The fourth-order valence-electron chi connectivity index (χ4n) is 2.19. The Balaban J connectivity index is 2.14. The summed E-state index contributed by atoms with van der Waals surface area (Å²) in [4.78, 5) is 13.6. The number of amides is 1. The third-order valence-corrected chi connectivity index (χ3v) is 2.90. The van der Waals surface area contributed by atoms with Crippen LogP contribution in [0.3, 0.4) is 0 Å². The normalized spacial score (nSPS) is 19.6. The molecule has 0 spiro atoms. The molecule has 4 heteroatoms. The number of nitrogens with one attached hydrogen (secondary N) is 1. The van der Waals surface area contributed by atoms with Gasteiger partial charge in [0.25, 0.3) is 0 Å². The number of hydrogen-bond donors (Lipinski definition) is 2. The smallest absolute Gasteiger partial charge is 0.234 e. The van der Waals surface area contributed by atoms with Crippen LogP contribution in [0.5, 0.6) is 0 Å². The third-order valence-electron chi connectivity index (χ3n) is 2.90. The second-order valence-corrected chi connectivity index (χ2v) is 5.46. The van der Waals surface area contributed by atoms with Crippen molar-refractivity contribution in [3.05, 3.63) is 0 Å². The molecule has 1 fully saturated rings. The van der Waals surface area contributed by atoms with Crippen molar-refractivity contribution in [3.8, 4) is 0 Å². The van der Waals surface area contributed by atoms with Crippen molar-refractivity contribution in [2.45, 2.75) is 39.2 Å². The third kappa shape index (κ3) is 4.10. The molecule has 1 rings (SSSR count). The molecule has 1 amide bonds. The highest BCUT2D eigenvalue weighted by Crippen LogP contribution is 2.22. The number of carbonyl (C=O) groups excluding carboxylic acids is 1. The van der Waals surface area contributed by atoms with Gasteiger partial charge in [0, 0.05) is 25.2 Å². The summed E-state index contributed by atoms with van der Waals surface area (Å²) in [6.45, 7) is 9.30. The van der Waals surface area contributed by atoms with Crippen LogP contribution in [-0.2, 0) is 4.79 Å². The van der Waals surface area contributed by atoms with Crippen molar-refractivity contribution in [2.24, 2.45) is 11.7 Å². The van der Waals surface area contributed by atoms with Crippen LogP contribution >= 0.6 is 0 Å². The van der Waals surface area contributed by atoms with E-state index in [-0.39, 0.29) is 11.4 Å². The highest BCUT2D eigenvalue weighted by molar-refractivity contribution is 5.78. The molecule has 1 aliphatic heterocycles. The topological polar surface area (TPSA) is 58.4 Å². The van der Waals surface area contributed by atoms with Crippen molar-refractivity contribution in [3.63, 3.8) is 0 Å². The van der Waals surface area contributed by atoms with E-state index in [1.165, 1.54) is 0 Å². The molecule has 0 aromatic carbocycles. The number of rotatable bonds is 6. The zero-order chi connectivity index (χ0) is 12.2. The average molecular weight is 227 g/mol. The molecule has 0 aliphatic carbocycles. The molecule has 1 heterocycles. The van der Waals surface area contributed by atoms with Crippen molar-refractivity contribution >= 4 is 5.91 Å². The van der Waals surface area contributed by atoms with Gasteiger partial charge >= 0.3 is 0 Å². The lowest BCUT2D eigenvalue weighted by atomic mass is 9.86. The molecule has 16 heavy (non-hydrogen) atoms. The quantitative estimate of drug-likeness (QED) is 0.697. The summed E-state index contributed by atoms with van der Waals surface area (Å²) in [5, 5.41) is 2.92. The monoisotopic (exact) mass is 227 g/mol. The standard InChI is InChI=1S/C12H25N3O/c1-4-5-12(13)8-15(9-12)7-11(16)14-6-10(2)3/h10H,4-9,13H2,1-3H3,(H,14,16). The lowest BCUT2D eigenvalue weighted by Crippen LogP contribution is -2.68. The molecule has 3 N–H and O–H groups in total. The summed E-state index contributed by atoms with van der Waals surface area (Å²) in [5.74, 6) is 0.626. The average Bonchev–Trinajstić information content (AvgIpc) is 2.12. The lowest BCUT2D eigenvalue weighted by Gasteiger charge is -2.47. The van der Waals surface area contributed by atoms with Crippen LogP contribution in [-0.4, -0.2) is 42.5 Å². The highest BCUT2D eigenvalue weighted by Gasteiger charge is 2.38. The van der Waals surface area contributed by atoms with Crippen molar-refractivity contribution in [1.82, 2.24) is 10.2 Å². The van der Waals surface area contributed by atoms with E-state index >= 15 is 0 Å². The fraction of sp³-hybridized carbons (Fsp3) is 0.917. The summed E-state index contributed by atoms with van der Waals surface area (Å²) < 4.78 is 0. The number of nitrogens with two attached hydrogens (primary N) is 1. The van der Waals surface area contributed by atoms with E-state index in [9.17, 15) is 4.79 Å². The van der Waals surface area contributed by atoms with Crippen LogP contribution in [0.25, 0.3) is 0 Å². The van der Waals surface area contributed by atoms with Crippen LogP contribution in [0.15, 0.2) is 0 Å². The second-order valence-electron chi connectivity index (χ2n) is 5.46. The predicted octanol–water partition coefficient (Wildman–Crippen LogP) is 0.572. The maximum absolute atomic E-state index is 11.5. The Labute approximate surface area is 98.6 Å². The molecule has 0 aromatic rings. The molecule has 0 radical (unpaired) electrons. The van der Waals surface area contributed by atoms with Crippen molar-refractivity contribution in [2.75, 3.05) is 26.2 Å². The Hall–Kier alpha value is -0.610. The Morgan fingerprint density at radius 1 is 1.50 bits per heavy atom. The van der Waals surface area contributed by atoms with Gasteiger partial charge in [-0.15, -0.1) is 0 Å². The van der Waals surface area contributed by atoms with E-state index in [1.807, 2.05) is 0 Å². The van der Waals surface area contributed by atoms with E-state index in [0.717, 1.165) is 32.5 Å². The number of likely N-dealkylation sites (tertiary alicyclic amines) is 1. The van der Waals surface area contributed by atoms with Gasteiger partial charge in [0.2, 0.25) is 5.91 Å². The lowest BCUT2D eigenvalue weighted by molar-refractivity contribution is -0.124. The molecule has 94 valence electrons. The van der Waals surface area contributed by atoms with Gasteiger partial charge in [-0.1, -0.05) is 27.2 Å². The number of hydrogen-bond acceptors (Lipinski definition) is 3. The minimum Gasteiger partial charge on any atom is -0.355 e. The van der Waals surface area contributed by atoms with Crippen molar-refractivity contribution in [1.29, 1.82) is 0 Å². The number of carbonyl (C=O) groups is 1. The van der Waals surface area contributed by atoms with Crippen molar-refractivity contribution < 1.29 is 4.79 Å². The van der Waals surface area contributed by atoms with E-state index in [1.54, 1.807) is 0 Å². The van der Waals surface area contributed by atoms with Crippen LogP contribution < -0.4 is 11.1 Å². The van der Waals surface area contributed by atoms with E-state index in [2.05, 4.69) is 31.0 Å². The van der Waals surface area contributed by atoms with Gasteiger partial charge < -0.3 is 11.1 Å². The molecule has 0 atom stereocenters. The van der Waals surface area contributed by atoms with E-state index < -0.39 is 0 Å². The maximum Gasteiger partial charge on any atom is 0.234 e. The first-order chi connectivity index (χ1) is 7.45. The first-order valence-electron chi connectivity index (χ1n) is 6.23. The first-order valence-corrected chi connectivity index (χ1v) is 6.23.